The first-order chi connectivity index (χ1) is 8.11. The van der Waals surface area contributed by atoms with Gasteiger partial charge >= 0.3 is 0 Å². The molecule has 0 spiro atoms. The molecule has 0 radical (unpaired) electrons. The Balaban J connectivity index is 2.56. The molecule has 0 saturated heterocycles. The first-order valence-corrected chi connectivity index (χ1v) is 6.59. The minimum Gasteiger partial charge on any atom is -0.227 e. The molecule has 17 heavy (non-hydrogen) atoms. The molecule has 0 aliphatic carbocycles. The maximum Gasteiger partial charge on any atom is 0.188 e. The number of aryl methyl sites for hydroxylation is 3. The highest BCUT2D eigenvalue weighted by Crippen LogP contribution is 2.23. The Morgan fingerprint density at radius 2 is 1.88 bits per heavy atom. The molecular formula is C14H16N2S. The van der Waals surface area contributed by atoms with Crippen LogP contribution in [-0.4, -0.2) is 15.7 Å². The van der Waals surface area contributed by atoms with E-state index in [-0.39, 0.29) is 0 Å². The lowest BCUT2D eigenvalue weighted by Crippen LogP contribution is -1.94. The number of hydrogen-bond donors (Lipinski definition) is 0. The smallest absolute Gasteiger partial charge is 0.188 e. The van der Waals surface area contributed by atoms with Gasteiger partial charge < -0.3 is 0 Å². The molecule has 0 atom stereocenters. The van der Waals surface area contributed by atoms with Gasteiger partial charge in [0.15, 0.2) is 5.16 Å². The van der Waals surface area contributed by atoms with Crippen molar-refractivity contribution in [1.82, 2.24) is 9.97 Å². The van der Waals surface area contributed by atoms with Crippen LogP contribution in [0.15, 0.2) is 29.9 Å². The summed E-state index contributed by atoms with van der Waals surface area (Å²) in [6.07, 6.45) is 1.87. The van der Waals surface area contributed by atoms with Gasteiger partial charge in [0.2, 0.25) is 0 Å². The van der Waals surface area contributed by atoms with Crippen LogP contribution >= 0.6 is 11.8 Å². The normalized spacial score (nSPS) is 10.8. The van der Waals surface area contributed by atoms with Gasteiger partial charge in [-0.05, 0) is 44.0 Å². The number of benzene rings is 1. The quantitative estimate of drug-likeness (QED) is 0.466. The van der Waals surface area contributed by atoms with Gasteiger partial charge in [0.25, 0.3) is 0 Å². The van der Waals surface area contributed by atoms with Crippen molar-refractivity contribution >= 4 is 22.7 Å². The van der Waals surface area contributed by atoms with Gasteiger partial charge in [0.1, 0.15) is 0 Å². The Morgan fingerprint density at radius 3 is 2.59 bits per heavy atom. The number of rotatable bonds is 3. The number of aromatic nitrogens is 2. The van der Waals surface area contributed by atoms with Crippen molar-refractivity contribution in [3.63, 3.8) is 0 Å². The molecule has 1 heterocycles. The molecule has 1 aromatic carbocycles. The Bertz CT molecular complexity index is 576. The van der Waals surface area contributed by atoms with E-state index in [0.717, 1.165) is 27.5 Å². The molecular weight excluding hydrogens is 228 g/mol. The summed E-state index contributed by atoms with van der Waals surface area (Å²) in [6.45, 7) is 9.98. The molecule has 1 aromatic heterocycles. The van der Waals surface area contributed by atoms with Crippen LogP contribution in [0.3, 0.4) is 0 Å². The average molecular weight is 244 g/mol. The van der Waals surface area contributed by atoms with E-state index in [9.17, 15) is 0 Å². The van der Waals surface area contributed by atoms with Crippen molar-refractivity contribution in [2.24, 2.45) is 0 Å². The third kappa shape index (κ3) is 2.50. The second kappa shape index (κ2) is 4.88. The molecule has 0 bridgehead atoms. The Labute approximate surface area is 106 Å². The van der Waals surface area contributed by atoms with E-state index in [1.54, 1.807) is 11.8 Å². The Morgan fingerprint density at radius 1 is 1.18 bits per heavy atom. The predicted molar refractivity (Wildman–Crippen MR) is 74.7 cm³/mol. The summed E-state index contributed by atoms with van der Waals surface area (Å²) in [7, 11) is 0. The van der Waals surface area contributed by atoms with E-state index < -0.39 is 0 Å². The fourth-order valence-corrected chi connectivity index (χ4v) is 2.34. The minimum absolute atomic E-state index is 0.832. The van der Waals surface area contributed by atoms with Gasteiger partial charge in [-0.1, -0.05) is 17.8 Å². The number of fused-ring (bicyclic) bond motifs is 1. The van der Waals surface area contributed by atoms with Crippen molar-refractivity contribution in [3.05, 3.63) is 41.6 Å². The lowest BCUT2D eigenvalue weighted by molar-refractivity contribution is 0.969. The number of nitrogens with zero attached hydrogens (tertiary/aromatic N) is 2. The highest BCUT2D eigenvalue weighted by Gasteiger charge is 2.06. The molecule has 0 aliphatic rings. The number of thioether (sulfide) groups is 1. The van der Waals surface area contributed by atoms with E-state index >= 15 is 0 Å². The second-order valence-electron chi connectivity index (χ2n) is 4.14. The zero-order chi connectivity index (χ0) is 12.4. The lowest BCUT2D eigenvalue weighted by atomic mass is 10.1. The predicted octanol–water partition coefficient (Wildman–Crippen LogP) is 3.83. The van der Waals surface area contributed by atoms with Crippen molar-refractivity contribution in [3.8, 4) is 0 Å². The Kier molecular flexibility index (Phi) is 3.48. The SMILES string of the molecule is C=CCSc1nc(C)c2cc(C)c(C)cc2n1. The van der Waals surface area contributed by atoms with Crippen LogP contribution in [0.25, 0.3) is 10.9 Å². The molecule has 2 rings (SSSR count). The van der Waals surface area contributed by atoms with Crippen LogP contribution in [0.5, 0.6) is 0 Å². The van der Waals surface area contributed by atoms with Crippen LogP contribution in [0.4, 0.5) is 0 Å². The van der Waals surface area contributed by atoms with Crippen LogP contribution in [0.1, 0.15) is 16.8 Å². The molecule has 2 aromatic rings. The summed E-state index contributed by atoms with van der Waals surface area (Å²) in [5, 5.41) is 1.98. The third-order valence-corrected chi connectivity index (χ3v) is 3.65. The minimum atomic E-state index is 0.832. The fraction of sp³-hybridized carbons (Fsp3) is 0.286. The van der Waals surface area contributed by atoms with Crippen molar-refractivity contribution < 1.29 is 0 Å². The molecule has 0 N–H and O–H groups in total. The average Bonchev–Trinajstić information content (AvgIpc) is 2.29. The monoisotopic (exact) mass is 244 g/mol. The van der Waals surface area contributed by atoms with Crippen LogP contribution in [0, 0.1) is 20.8 Å². The van der Waals surface area contributed by atoms with E-state index in [1.165, 1.54) is 11.1 Å². The van der Waals surface area contributed by atoms with Gasteiger partial charge in [-0.2, -0.15) is 0 Å². The topological polar surface area (TPSA) is 25.8 Å². The summed E-state index contributed by atoms with van der Waals surface area (Å²) in [5.74, 6) is 0.843. The summed E-state index contributed by atoms with van der Waals surface area (Å²) in [5.41, 5.74) is 4.64. The van der Waals surface area contributed by atoms with Crippen molar-refractivity contribution in [2.75, 3.05) is 5.75 Å². The summed E-state index contributed by atoms with van der Waals surface area (Å²) in [4.78, 5) is 9.09. The maximum absolute atomic E-state index is 4.58. The standard InChI is InChI=1S/C14H16N2S/c1-5-6-17-14-15-11(4)12-7-9(2)10(3)8-13(12)16-14/h5,7-8H,1,6H2,2-4H3. The summed E-state index contributed by atoms with van der Waals surface area (Å²) < 4.78 is 0. The van der Waals surface area contributed by atoms with Crippen LogP contribution in [-0.2, 0) is 0 Å². The summed E-state index contributed by atoms with van der Waals surface area (Å²) in [6, 6.07) is 4.30. The molecule has 88 valence electrons. The highest BCUT2D eigenvalue weighted by molar-refractivity contribution is 7.99. The van der Waals surface area contributed by atoms with E-state index in [4.69, 9.17) is 0 Å². The van der Waals surface area contributed by atoms with Gasteiger partial charge in [-0.3, -0.25) is 0 Å². The molecule has 3 heteroatoms. The molecule has 0 saturated carbocycles. The maximum atomic E-state index is 4.58. The zero-order valence-corrected chi connectivity index (χ0v) is 11.3. The van der Waals surface area contributed by atoms with Crippen LogP contribution < -0.4 is 0 Å². The van der Waals surface area contributed by atoms with Gasteiger partial charge in [-0.25, -0.2) is 9.97 Å². The molecule has 2 nitrogen and oxygen atoms in total. The van der Waals surface area contributed by atoms with Gasteiger partial charge in [0, 0.05) is 16.8 Å². The van der Waals surface area contributed by atoms with Crippen LogP contribution in [0.2, 0.25) is 0 Å². The first-order valence-electron chi connectivity index (χ1n) is 5.61. The highest BCUT2D eigenvalue weighted by atomic mass is 32.2. The zero-order valence-electron chi connectivity index (χ0n) is 10.4. The van der Waals surface area contributed by atoms with E-state index in [2.05, 4.69) is 42.5 Å². The van der Waals surface area contributed by atoms with Crippen molar-refractivity contribution in [2.45, 2.75) is 25.9 Å². The Hall–Kier alpha value is -1.35. The second-order valence-corrected chi connectivity index (χ2v) is 5.13. The van der Waals surface area contributed by atoms with Crippen molar-refractivity contribution in [1.29, 1.82) is 0 Å². The molecule has 0 unspecified atom stereocenters. The lowest BCUT2D eigenvalue weighted by Gasteiger charge is -2.07. The van der Waals surface area contributed by atoms with E-state index in [0.29, 0.717) is 0 Å². The van der Waals surface area contributed by atoms with Gasteiger partial charge in [0.05, 0.1) is 5.52 Å². The molecule has 0 fully saturated rings. The number of hydrogen-bond acceptors (Lipinski definition) is 3. The first kappa shape index (κ1) is 12.1. The third-order valence-electron chi connectivity index (χ3n) is 2.81. The fourth-order valence-electron chi connectivity index (χ4n) is 1.71. The van der Waals surface area contributed by atoms with Gasteiger partial charge in [-0.15, -0.1) is 6.58 Å². The molecule has 0 amide bonds. The largest absolute Gasteiger partial charge is 0.227 e. The van der Waals surface area contributed by atoms with E-state index in [1.807, 2.05) is 13.0 Å². The summed E-state index contributed by atoms with van der Waals surface area (Å²) >= 11 is 1.62. The molecule has 0 aliphatic heterocycles.